The maximum atomic E-state index is 9.71. The minimum absolute atomic E-state index is 0.240. The maximum Gasteiger partial charge on any atom is 0.124 e. The van der Waals surface area contributed by atoms with Crippen molar-refractivity contribution in [2.45, 2.75) is 13.8 Å². The van der Waals surface area contributed by atoms with Gasteiger partial charge in [0.25, 0.3) is 0 Å². The Bertz CT molecular complexity index is 559. The summed E-state index contributed by atoms with van der Waals surface area (Å²) in [7, 11) is 0. The molecule has 3 nitrogen and oxygen atoms in total. The average Bonchev–Trinajstić information content (AvgIpc) is 2.38. The van der Waals surface area contributed by atoms with Crippen LogP contribution in [-0.2, 0) is 0 Å². The first kappa shape index (κ1) is 12.2. The largest absolute Gasteiger partial charge is 0.507 e. The molecule has 0 aliphatic carbocycles. The molecule has 0 unspecified atom stereocenters. The summed E-state index contributed by atoms with van der Waals surface area (Å²) in [5, 5.41) is 14.0. The number of para-hydroxylation sites is 1. The smallest absolute Gasteiger partial charge is 0.124 e. The summed E-state index contributed by atoms with van der Waals surface area (Å²) in [5.74, 6) is 0.240. The van der Waals surface area contributed by atoms with Crippen molar-refractivity contribution in [1.82, 2.24) is 0 Å². The third kappa shape index (κ3) is 2.88. The van der Waals surface area contributed by atoms with Crippen LogP contribution in [0, 0.1) is 6.92 Å². The molecule has 0 amide bonds. The molecule has 0 aromatic heterocycles. The van der Waals surface area contributed by atoms with Gasteiger partial charge >= 0.3 is 0 Å². The molecular formula is C15H16N2O. The lowest BCUT2D eigenvalue weighted by Gasteiger charge is -2.05. The first-order chi connectivity index (χ1) is 8.66. The fraction of sp³-hybridized carbons (Fsp3) is 0.133. The first-order valence-electron chi connectivity index (χ1n) is 5.82. The van der Waals surface area contributed by atoms with Gasteiger partial charge in [-0.2, -0.15) is 5.10 Å². The lowest BCUT2D eigenvalue weighted by atomic mass is 10.1. The Morgan fingerprint density at radius 3 is 2.39 bits per heavy atom. The van der Waals surface area contributed by atoms with Crippen LogP contribution in [0.1, 0.15) is 18.1 Å². The Morgan fingerprint density at radius 1 is 1.06 bits per heavy atom. The quantitative estimate of drug-likeness (QED) is 0.636. The molecule has 18 heavy (non-hydrogen) atoms. The van der Waals surface area contributed by atoms with Crippen LogP contribution in [0.2, 0.25) is 0 Å². The maximum absolute atomic E-state index is 9.71. The second kappa shape index (κ2) is 5.36. The topological polar surface area (TPSA) is 44.6 Å². The fourth-order valence-corrected chi connectivity index (χ4v) is 1.62. The van der Waals surface area contributed by atoms with Gasteiger partial charge in [0.1, 0.15) is 5.75 Å². The van der Waals surface area contributed by atoms with Crippen LogP contribution in [0.3, 0.4) is 0 Å². The van der Waals surface area contributed by atoms with E-state index in [4.69, 9.17) is 0 Å². The van der Waals surface area contributed by atoms with Crippen molar-refractivity contribution < 1.29 is 5.11 Å². The molecule has 0 fully saturated rings. The Kier molecular flexibility index (Phi) is 3.63. The van der Waals surface area contributed by atoms with Crippen molar-refractivity contribution in [2.24, 2.45) is 5.10 Å². The average molecular weight is 240 g/mol. The number of phenols is 1. The van der Waals surface area contributed by atoms with E-state index in [0.717, 1.165) is 17.0 Å². The minimum Gasteiger partial charge on any atom is -0.507 e. The molecule has 0 aliphatic rings. The first-order valence-corrected chi connectivity index (χ1v) is 5.82. The molecular weight excluding hydrogens is 224 g/mol. The Labute approximate surface area is 107 Å². The van der Waals surface area contributed by atoms with Gasteiger partial charge in [-0.3, -0.25) is 5.43 Å². The van der Waals surface area contributed by atoms with E-state index in [-0.39, 0.29) is 5.75 Å². The molecule has 0 spiro atoms. The van der Waals surface area contributed by atoms with Gasteiger partial charge in [0.15, 0.2) is 0 Å². The number of aryl methyl sites for hydroxylation is 1. The van der Waals surface area contributed by atoms with Crippen LogP contribution in [0.5, 0.6) is 5.75 Å². The highest BCUT2D eigenvalue weighted by molar-refractivity contribution is 6.01. The Hall–Kier alpha value is -2.29. The summed E-state index contributed by atoms with van der Waals surface area (Å²) >= 11 is 0. The minimum atomic E-state index is 0.240. The van der Waals surface area contributed by atoms with Gasteiger partial charge in [0.05, 0.1) is 11.4 Å². The van der Waals surface area contributed by atoms with Crippen molar-refractivity contribution >= 4 is 11.4 Å². The molecule has 2 aromatic rings. The highest BCUT2D eigenvalue weighted by atomic mass is 16.3. The molecule has 2 aromatic carbocycles. The lowest BCUT2D eigenvalue weighted by Crippen LogP contribution is -1.99. The number of hydrogen-bond acceptors (Lipinski definition) is 3. The van der Waals surface area contributed by atoms with E-state index in [1.165, 1.54) is 5.56 Å². The number of nitrogens with one attached hydrogen (secondary N) is 1. The van der Waals surface area contributed by atoms with Crippen molar-refractivity contribution in [2.75, 3.05) is 5.43 Å². The molecule has 0 saturated carbocycles. The number of benzene rings is 2. The van der Waals surface area contributed by atoms with Gasteiger partial charge in [-0.05, 0) is 38.1 Å². The van der Waals surface area contributed by atoms with Gasteiger partial charge in [-0.25, -0.2) is 0 Å². The zero-order chi connectivity index (χ0) is 13.0. The molecule has 92 valence electrons. The molecule has 0 atom stereocenters. The second-order valence-corrected chi connectivity index (χ2v) is 4.19. The number of hydrogen-bond donors (Lipinski definition) is 2. The molecule has 0 aliphatic heterocycles. The van der Waals surface area contributed by atoms with Crippen LogP contribution < -0.4 is 5.43 Å². The second-order valence-electron chi connectivity index (χ2n) is 4.19. The summed E-state index contributed by atoms with van der Waals surface area (Å²) < 4.78 is 0. The highest BCUT2D eigenvalue weighted by Crippen LogP contribution is 2.17. The highest BCUT2D eigenvalue weighted by Gasteiger charge is 2.02. The zero-order valence-corrected chi connectivity index (χ0v) is 10.5. The van der Waals surface area contributed by atoms with Crippen molar-refractivity contribution in [3.05, 3.63) is 59.7 Å². The molecule has 0 radical (unpaired) electrons. The van der Waals surface area contributed by atoms with E-state index >= 15 is 0 Å². The molecule has 0 heterocycles. The molecule has 3 heteroatoms. The summed E-state index contributed by atoms with van der Waals surface area (Å²) in [6, 6.07) is 15.1. The number of rotatable bonds is 3. The van der Waals surface area contributed by atoms with E-state index < -0.39 is 0 Å². The predicted octanol–water partition coefficient (Wildman–Crippen LogP) is 3.54. The van der Waals surface area contributed by atoms with E-state index in [2.05, 4.69) is 10.5 Å². The van der Waals surface area contributed by atoms with Crippen LogP contribution in [0.15, 0.2) is 53.6 Å². The van der Waals surface area contributed by atoms with E-state index in [9.17, 15) is 5.11 Å². The third-order valence-electron chi connectivity index (χ3n) is 2.70. The fourth-order valence-electron chi connectivity index (χ4n) is 1.62. The molecule has 2 N–H and O–H groups in total. The molecule has 0 bridgehead atoms. The summed E-state index contributed by atoms with van der Waals surface area (Å²) in [4.78, 5) is 0. The summed E-state index contributed by atoms with van der Waals surface area (Å²) in [6.45, 7) is 3.90. The van der Waals surface area contributed by atoms with Gasteiger partial charge in [-0.1, -0.05) is 29.8 Å². The zero-order valence-electron chi connectivity index (χ0n) is 10.5. The van der Waals surface area contributed by atoms with Crippen molar-refractivity contribution in [3.63, 3.8) is 0 Å². The predicted molar refractivity (Wildman–Crippen MR) is 75.1 cm³/mol. The number of aromatic hydroxyl groups is 1. The van der Waals surface area contributed by atoms with Gasteiger partial charge in [0.2, 0.25) is 0 Å². The van der Waals surface area contributed by atoms with E-state index in [1.807, 2.05) is 50.2 Å². The lowest BCUT2D eigenvalue weighted by molar-refractivity contribution is 0.474. The Morgan fingerprint density at radius 2 is 1.72 bits per heavy atom. The van der Waals surface area contributed by atoms with Crippen molar-refractivity contribution in [1.29, 1.82) is 0 Å². The number of anilines is 1. The van der Waals surface area contributed by atoms with Crippen LogP contribution in [0.4, 0.5) is 5.69 Å². The van der Waals surface area contributed by atoms with Gasteiger partial charge in [-0.15, -0.1) is 0 Å². The monoisotopic (exact) mass is 240 g/mol. The SMILES string of the molecule is CC(=NNc1ccc(C)cc1)c1ccccc1O. The van der Waals surface area contributed by atoms with Gasteiger partial charge < -0.3 is 5.11 Å². The molecule has 0 saturated heterocycles. The number of phenolic OH excluding ortho intramolecular Hbond substituents is 1. The summed E-state index contributed by atoms with van der Waals surface area (Å²) in [5.41, 5.74) is 6.59. The normalized spacial score (nSPS) is 11.3. The van der Waals surface area contributed by atoms with E-state index in [1.54, 1.807) is 12.1 Å². The van der Waals surface area contributed by atoms with Crippen molar-refractivity contribution in [3.8, 4) is 5.75 Å². The van der Waals surface area contributed by atoms with Crippen LogP contribution >= 0.6 is 0 Å². The number of nitrogens with zero attached hydrogens (tertiary/aromatic N) is 1. The molecule has 2 rings (SSSR count). The Balaban J connectivity index is 2.14. The van der Waals surface area contributed by atoms with Gasteiger partial charge in [0, 0.05) is 5.56 Å². The van der Waals surface area contributed by atoms with E-state index in [0.29, 0.717) is 0 Å². The van der Waals surface area contributed by atoms with Crippen LogP contribution in [0.25, 0.3) is 0 Å². The number of hydrazone groups is 1. The summed E-state index contributed by atoms with van der Waals surface area (Å²) in [6.07, 6.45) is 0. The standard InChI is InChI=1S/C15H16N2O/c1-11-7-9-13(10-8-11)17-16-12(2)14-5-3-4-6-15(14)18/h3-10,17-18H,1-2H3. The third-order valence-corrected chi connectivity index (χ3v) is 2.70. The van der Waals surface area contributed by atoms with Crippen LogP contribution in [-0.4, -0.2) is 10.8 Å².